The quantitative estimate of drug-likeness (QED) is 0.918. The van der Waals surface area contributed by atoms with Crippen LogP contribution < -0.4 is 0 Å². The molecule has 4 rings (SSSR count). The normalized spacial score (nSPS) is 24.4. The van der Waals surface area contributed by atoms with Crippen LogP contribution in [0.5, 0.6) is 0 Å². The van der Waals surface area contributed by atoms with Crippen molar-refractivity contribution in [3.8, 4) is 0 Å². The van der Waals surface area contributed by atoms with E-state index in [1.54, 1.807) is 0 Å². The average Bonchev–Trinajstić information content (AvgIpc) is 2.92. The van der Waals surface area contributed by atoms with Crippen LogP contribution in [0.15, 0.2) is 36.7 Å². The van der Waals surface area contributed by atoms with Crippen molar-refractivity contribution in [3.05, 3.63) is 58.9 Å². The van der Waals surface area contributed by atoms with Gasteiger partial charge >= 0.3 is 0 Å². The fraction of sp³-hybridized carbons (Fsp3) is 0.444. The first kappa shape index (κ1) is 13.1. The van der Waals surface area contributed by atoms with Gasteiger partial charge < -0.3 is 14.4 Å². The van der Waals surface area contributed by atoms with Gasteiger partial charge in [0.05, 0.1) is 19.3 Å². The molecule has 0 fully saturated rings. The Morgan fingerprint density at radius 1 is 1.10 bits per heavy atom. The molecule has 21 heavy (non-hydrogen) atoms. The average molecular weight is 283 g/mol. The summed E-state index contributed by atoms with van der Waals surface area (Å²) >= 11 is 0. The highest BCUT2D eigenvalue weighted by Gasteiger charge is 2.23. The summed E-state index contributed by atoms with van der Waals surface area (Å²) in [5.74, 6) is 0. The Bertz CT molecular complexity index is 646. The highest BCUT2D eigenvalue weighted by Crippen LogP contribution is 2.32. The molecule has 1 aliphatic carbocycles. The lowest BCUT2D eigenvalue weighted by molar-refractivity contribution is 0.0306. The molecule has 110 valence electrons. The Hall–Kier alpha value is -1.58. The number of aromatic nitrogens is 1. The van der Waals surface area contributed by atoms with E-state index in [1.165, 1.54) is 16.7 Å². The summed E-state index contributed by atoms with van der Waals surface area (Å²) in [7, 11) is 0. The van der Waals surface area contributed by atoms with E-state index >= 15 is 0 Å². The molecule has 2 heterocycles. The van der Waals surface area contributed by atoms with Gasteiger partial charge in [0.25, 0.3) is 0 Å². The second-order valence-corrected chi connectivity index (χ2v) is 6.15. The van der Waals surface area contributed by atoms with Crippen LogP contribution in [0.1, 0.15) is 47.3 Å². The van der Waals surface area contributed by atoms with Crippen LogP contribution >= 0.6 is 0 Å². The Kier molecular flexibility index (Phi) is 3.32. The van der Waals surface area contributed by atoms with Gasteiger partial charge in [-0.1, -0.05) is 24.3 Å². The van der Waals surface area contributed by atoms with Crippen molar-refractivity contribution in [3.63, 3.8) is 0 Å². The summed E-state index contributed by atoms with van der Waals surface area (Å²) in [5, 5.41) is 10.1. The van der Waals surface area contributed by atoms with Crippen molar-refractivity contribution < 1.29 is 9.84 Å². The zero-order valence-electron chi connectivity index (χ0n) is 12.2. The fourth-order valence-corrected chi connectivity index (χ4v) is 3.65. The maximum Gasteiger partial charge on any atom is 0.101 e. The Morgan fingerprint density at radius 3 is 2.90 bits per heavy atom. The van der Waals surface area contributed by atoms with E-state index in [2.05, 4.69) is 41.2 Å². The van der Waals surface area contributed by atoms with E-state index in [1.807, 2.05) is 0 Å². The van der Waals surface area contributed by atoms with Gasteiger partial charge in [-0.2, -0.15) is 0 Å². The van der Waals surface area contributed by atoms with Crippen LogP contribution in [0, 0.1) is 0 Å². The molecule has 1 aromatic heterocycles. The van der Waals surface area contributed by atoms with Crippen LogP contribution in [0.25, 0.3) is 0 Å². The van der Waals surface area contributed by atoms with Crippen LogP contribution in [-0.4, -0.2) is 16.3 Å². The molecular formula is C18H21NO2. The van der Waals surface area contributed by atoms with E-state index in [4.69, 9.17) is 4.74 Å². The molecule has 1 aromatic carbocycles. The van der Waals surface area contributed by atoms with Crippen LogP contribution in [0.4, 0.5) is 0 Å². The van der Waals surface area contributed by atoms with Gasteiger partial charge in [-0.3, -0.25) is 0 Å². The number of aliphatic hydroxyl groups is 1. The minimum absolute atomic E-state index is 0.126. The number of rotatable bonds is 2. The molecule has 0 saturated heterocycles. The molecule has 0 bridgehead atoms. The van der Waals surface area contributed by atoms with Crippen molar-refractivity contribution in [1.82, 2.24) is 4.57 Å². The Morgan fingerprint density at radius 2 is 2.00 bits per heavy atom. The molecular weight excluding hydrogens is 262 g/mol. The third kappa shape index (κ3) is 2.41. The largest absolute Gasteiger partial charge is 0.388 e. The van der Waals surface area contributed by atoms with Crippen LogP contribution in [-0.2, 0) is 24.1 Å². The van der Waals surface area contributed by atoms with E-state index < -0.39 is 0 Å². The summed E-state index contributed by atoms with van der Waals surface area (Å²) in [5.41, 5.74) is 5.14. The summed E-state index contributed by atoms with van der Waals surface area (Å²) in [6.07, 6.45) is 8.21. The van der Waals surface area contributed by atoms with Gasteiger partial charge in [-0.15, -0.1) is 0 Å². The first-order valence-corrected chi connectivity index (χ1v) is 7.87. The molecule has 2 aromatic rings. The SMILES string of the molecule is OC1CCCc2cn(CC3OCCc4ccccc43)cc21. The van der Waals surface area contributed by atoms with E-state index in [0.717, 1.165) is 44.4 Å². The molecule has 0 saturated carbocycles. The first-order chi connectivity index (χ1) is 10.3. The standard InChI is InChI=1S/C18H21NO2/c20-17-7-3-5-14-10-19(11-16(14)17)12-18-15-6-2-1-4-13(15)8-9-21-18/h1-2,4,6,10-11,17-18,20H,3,5,7-9,12H2. The van der Waals surface area contributed by atoms with E-state index in [9.17, 15) is 5.11 Å². The Balaban J connectivity index is 1.60. The maximum absolute atomic E-state index is 10.1. The second-order valence-electron chi connectivity index (χ2n) is 6.15. The van der Waals surface area contributed by atoms with E-state index in [0.29, 0.717) is 0 Å². The van der Waals surface area contributed by atoms with Crippen molar-refractivity contribution in [1.29, 1.82) is 0 Å². The van der Waals surface area contributed by atoms with Crippen molar-refractivity contribution >= 4 is 0 Å². The highest BCUT2D eigenvalue weighted by molar-refractivity contribution is 5.32. The smallest absolute Gasteiger partial charge is 0.101 e. The lowest BCUT2D eigenvalue weighted by Gasteiger charge is -2.26. The molecule has 0 amide bonds. The van der Waals surface area contributed by atoms with Gasteiger partial charge in [0.15, 0.2) is 0 Å². The van der Waals surface area contributed by atoms with E-state index in [-0.39, 0.29) is 12.2 Å². The third-order valence-corrected chi connectivity index (χ3v) is 4.75. The number of aryl methyl sites for hydroxylation is 1. The summed E-state index contributed by atoms with van der Waals surface area (Å²) in [6.45, 7) is 1.63. The number of nitrogens with zero attached hydrogens (tertiary/aromatic N) is 1. The number of benzene rings is 1. The zero-order chi connectivity index (χ0) is 14.2. The molecule has 1 N–H and O–H groups in total. The lowest BCUT2D eigenvalue weighted by Crippen LogP contribution is -2.20. The molecule has 2 aliphatic rings. The molecule has 3 nitrogen and oxygen atoms in total. The van der Waals surface area contributed by atoms with Gasteiger partial charge in [0, 0.05) is 18.0 Å². The summed E-state index contributed by atoms with van der Waals surface area (Å²) < 4.78 is 8.18. The van der Waals surface area contributed by atoms with Gasteiger partial charge in [-0.05, 0) is 42.4 Å². The van der Waals surface area contributed by atoms with Crippen LogP contribution in [0.2, 0.25) is 0 Å². The fourth-order valence-electron chi connectivity index (χ4n) is 3.65. The van der Waals surface area contributed by atoms with Gasteiger partial charge in [0.1, 0.15) is 6.10 Å². The highest BCUT2D eigenvalue weighted by atomic mass is 16.5. The van der Waals surface area contributed by atoms with Crippen molar-refractivity contribution in [2.45, 2.75) is 44.4 Å². The predicted molar refractivity (Wildman–Crippen MR) is 81.2 cm³/mol. The number of hydrogen-bond donors (Lipinski definition) is 1. The van der Waals surface area contributed by atoms with Crippen molar-refractivity contribution in [2.24, 2.45) is 0 Å². The first-order valence-electron chi connectivity index (χ1n) is 7.87. The topological polar surface area (TPSA) is 34.4 Å². The van der Waals surface area contributed by atoms with Crippen LogP contribution in [0.3, 0.4) is 0 Å². The zero-order valence-corrected chi connectivity index (χ0v) is 12.2. The number of fused-ring (bicyclic) bond motifs is 2. The van der Waals surface area contributed by atoms with Gasteiger partial charge in [0.2, 0.25) is 0 Å². The number of aliphatic hydroxyl groups excluding tert-OH is 1. The molecule has 0 spiro atoms. The van der Waals surface area contributed by atoms with Crippen molar-refractivity contribution in [2.75, 3.05) is 6.61 Å². The Labute approximate surface area is 125 Å². The molecule has 2 unspecified atom stereocenters. The van der Waals surface area contributed by atoms with Gasteiger partial charge in [-0.25, -0.2) is 0 Å². The molecule has 0 radical (unpaired) electrons. The summed E-state index contributed by atoms with van der Waals surface area (Å²) in [6, 6.07) is 8.57. The number of hydrogen-bond acceptors (Lipinski definition) is 2. The number of ether oxygens (including phenoxy) is 1. The maximum atomic E-state index is 10.1. The monoisotopic (exact) mass is 283 g/mol. The predicted octanol–water partition coefficient (Wildman–Crippen LogP) is 3.17. The minimum atomic E-state index is -0.283. The summed E-state index contributed by atoms with van der Waals surface area (Å²) in [4.78, 5) is 0. The molecule has 3 heteroatoms. The minimum Gasteiger partial charge on any atom is -0.388 e. The third-order valence-electron chi connectivity index (χ3n) is 4.75. The molecule has 2 atom stereocenters. The second kappa shape index (κ2) is 5.32. The molecule has 1 aliphatic heterocycles. The lowest BCUT2D eigenvalue weighted by atomic mass is 9.93.